The van der Waals surface area contributed by atoms with Crippen LogP contribution in [0.25, 0.3) is 0 Å². The highest BCUT2D eigenvalue weighted by Crippen LogP contribution is 2.31. The number of hydrogen-bond donors (Lipinski definition) is 1. The number of likely N-dealkylation sites (N-methyl/N-ethyl adjacent to an activating group) is 1. The molecule has 1 fully saturated rings. The van der Waals surface area contributed by atoms with Gasteiger partial charge in [0, 0.05) is 18.7 Å². The number of benzene rings is 1. The number of carbonyl (C=O) groups is 1. The lowest BCUT2D eigenvalue weighted by Gasteiger charge is -2.30. The van der Waals surface area contributed by atoms with Crippen molar-refractivity contribution < 1.29 is 14.3 Å². The Morgan fingerprint density at radius 2 is 2.19 bits per heavy atom. The van der Waals surface area contributed by atoms with Gasteiger partial charge in [0.05, 0.1) is 12.6 Å². The Hall–Kier alpha value is -1.11. The molecule has 116 valence electrons. The monoisotopic (exact) mass is 330 g/mol. The van der Waals surface area contributed by atoms with Crippen LogP contribution in [-0.2, 0) is 4.79 Å². The lowest BCUT2D eigenvalue weighted by Crippen LogP contribution is -2.48. The summed E-state index contributed by atoms with van der Waals surface area (Å²) in [6.07, 6.45) is -0.118. The van der Waals surface area contributed by atoms with E-state index in [1.54, 1.807) is 16.7 Å². The second kappa shape index (κ2) is 7.24. The molecule has 2 atom stereocenters. The van der Waals surface area contributed by atoms with Gasteiger partial charge < -0.3 is 14.4 Å². The largest absolute Gasteiger partial charge is 0.486 e. The molecule has 0 spiro atoms. The fourth-order valence-electron chi connectivity index (χ4n) is 2.37. The minimum absolute atomic E-state index is 0. The fraction of sp³-hybridized carbons (Fsp3) is 0.500. The molecule has 0 aliphatic carbocycles. The predicted octanol–water partition coefficient (Wildman–Crippen LogP) is 1.37. The highest BCUT2D eigenvalue weighted by atomic mass is 35.5. The van der Waals surface area contributed by atoms with Crippen molar-refractivity contribution in [1.29, 1.82) is 0 Å². The van der Waals surface area contributed by atoms with E-state index in [1.165, 1.54) is 0 Å². The molecule has 0 saturated carbocycles. The molecule has 0 radical (unpaired) electrons. The summed E-state index contributed by atoms with van der Waals surface area (Å²) in [6.45, 7) is 1.01. The SMILES string of the molecule is CN(CC1COc2ccccc2O1)C(=O)C1CSCN1.Cl. The van der Waals surface area contributed by atoms with Gasteiger partial charge in [-0.15, -0.1) is 24.2 Å². The quantitative estimate of drug-likeness (QED) is 0.907. The average molecular weight is 331 g/mol. The minimum Gasteiger partial charge on any atom is -0.486 e. The molecule has 2 heterocycles. The molecular formula is C14H19ClN2O3S. The van der Waals surface area contributed by atoms with Crippen molar-refractivity contribution in [1.82, 2.24) is 10.2 Å². The first-order valence-corrected chi connectivity index (χ1v) is 7.84. The number of amides is 1. The number of nitrogens with zero attached hydrogens (tertiary/aromatic N) is 1. The van der Waals surface area contributed by atoms with Crippen LogP contribution in [0.1, 0.15) is 0 Å². The van der Waals surface area contributed by atoms with Gasteiger partial charge in [-0.25, -0.2) is 0 Å². The van der Waals surface area contributed by atoms with E-state index in [2.05, 4.69) is 5.32 Å². The maximum atomic E-state index is 12.2. The van der Waals surface area contributed by atoms with Crippen LogP contribution in [0.5, 0.6) is 11.5 Å². The lowest BCUT2D eigenvalue weighted by molar-refractivity contribution is -0.132. The average Bonchev–Trinajstić information content (AvgIpc) is 3.00. The van der Waals surface area contributed by atoms with Crippen LogP contribution in [0.4, 0.5) is 0 Å². The molecule has 1 aromatic carbocycles. The summed E-state index contributed by atoms with van der Waals surface area (Å²) in [4.78, 5) is 13.9. The van der Waals surface area contributed by atoms with E-state index in [9.17, 15) is 4.79 Å². The molecule has 3 rings (SSSR count). The zero-order valence-electron chi connectivity index (χ0n) is 11.8. The molecule has 1 amide bonds. The van der Waals surface area contributed by atoms with E-state index in [0.29, 0.717) is 13.2 Å². The van der Waals surface area contributed by atoms with Gasteiger partial charge in [-0.05, 0) is 12.1 Å². The van der Waals surface area contributed by atoms with Crippen LogP contribution in [0.3, 0.4) is 0 Å². The Kier molecular flexibility index (Phi) is 5.61. The van der Waals surface area contributed by atoms with Gasteiger partial charge in [-0.3, -0.25) is 10.1 Å². The molecule has 0 aromatic heterocycles. The first-order valence-electron chi connectivity index (χ1n) is 6.68. The number of nitrogens with one attached hydrogen (secondary N) is 1. The second-order valence-corrected chi connectivity index (χ2v) is 6.02. The maximum Gasteiger partial charge on any atom is 0.240 e. The molecule has 2 aliphatic rings. The van der Waals surface area contributed by atoms with Crippen LogP contribution in [0.2, 0.25) is 0 Å². The van der Waals surface area contributed by atoms with E-state index in [0.717, 1.165) is 23.1 Å². The summed E-state index contributed by atoms with van der Waals surface area (Å²) < 4.78 is 11.5. The topological polar surface area (TPSA) is 50.8 Å². The number of thioether (sulfide) groups is 1. The molecule has 21 heavy (non-hydrogen) atoms. The maximum absolute atomic E-state index is 12.2. The molecular weight excluding hydrogens is 312 g/mol. The Bertz CT molecular complexity index is 497. The van der Waals surface area contributed by atoms with E-state index in [1.807, 2.05) is 31.3 Å². The number of para-hydroxylation sites is 2. The van der Waals surface area contributed by atoms with Gasteiger partial charge >= 0.3 is 0 Å². The van der Waals surface area contributed by atoms with E-state index < -0.39 is 0 Å². The molecule has 2 unspecified atom stereocenters. The zero-order valence-corrected chi connectivity index (χ0v) is 13.4. The third kappa shape index (κ3) is 3.75. The van der Waals surface area contributed by atoms with Crippen molar-refractivity contribution in [2.45, 2.75) is 12.1 Å². The van der Waals surface area contributed by atoms with Crippen LogP contribution in [-0.4, -0.2) is 54.8 Å². The highest BCUT2D eigenvalue weighted by Gasteiger charge is 2.29. The van der Waals surface area contributed by atoms with Gasteiger partial charge in [0.2, 0.25) is 5.91 Å². The number of ether oxygens (including phenoxy) is 2. The first kappa shape index (κ1) is 16.3. The Balaban J connectivity index is 0.00000161. The fourth-order valence-corrected chi connectivity index (χ4v) is 3.30. The number of halogens is 1. The molecule has 1 aromatic rings. The molecule has 2 aliphatic heterocycles. The van der Waals surface area contributed by atoms with Gasteiger partial charge in [-0.1, -0.05) is 12.1 Å². The van der Waals surface area contributed by atoms with Crippen molar-refractivity contribution in [2.75, 3.05) is 31.8 Å². The van der Waals surface area contributed by atoms with Crippen molar-refractivity contribution in [3.63, 3.8) is 0 Å². The summed E-state index contributed by atoms with van der Waals surface area (Å²) in [5, 5.41) is 3.19. The van der Waals surface area contributed by atoms with Crippen molar-refractivity contribution in [3.05, 3.63) is 24.3 Å². The number of fused-ring (bicyclic) bond motifs is 1. The molecule has 7 heteroatoms. The molecule has 0 bridgehead atoms. The second-order valence-electron chi connectivity index (χ2n) is 4.99. The Morgan fingerprint density at radius 3 is 2.90 bits per heavy atom. The third-order valence-corrected chi connectivity index (χ3v) is 4.38. The van der Waals surface area contributed by atoms with Crippen molar-refractivity contribution in [2.24, 2.45) is 0 Å². The van der Waals surface area contributed by atoms with E-state index >= 15 is 0 Å². The van der Waals surface area contributed by atoms with Gasteiger partial charge in [-0.2, -0.15) is 0 Å². The van der Waals surface area contributed by atoms with Crippen LogP contribution < -0.4 is 14.8 Å². The first-order chi connectivity index (χ1) is 9.74. The Morgan fingerprint density at radius 1 is 1.43 bits per heavy atom. The normalized spacial score (nSPS) is 23.3. The van der Waals surface area contributed by atoms with Crippen LogP contribution in [0.15, 0.2) is 24.3 Å². The Labute approximate surface area is 134 Å². The smallest absolute Gasteiger partial charge is 0.240 e. The van der Waals surface area contributed by atoms with Crippen LogP contribution >= 0.6 is 24.2 Å². The summed E-state index contributed by atoms with van der Waals surface area (Å²) in [7, 11) is 1.82. The predicted molar refractivity (Wildman–Crippen MR) is 85.5 cm³/mol. The summed E-state index contributed by atoms with van der Waals surface area (Å²) >= 11 is 1.75. The van der Waals surface area contributed by atoms with Crippen LogP contribution in [0, 0.1) is 0 Å². The molecule has 1 saturated heterocycles. The zero-order chi connectivity index (χ0) is 13.9. The third-order valence-electron chi connectivity index (χ3n) is 3.44. The minimum atomic E-state index is -0.118. The summed E-state index contributed by atoms with van der Waals surface area (Å²) in [5.41, 5.74) is 0. The molecule has 5 nitrogen and oxygen atoms in total. The van der Waals surface area contributed by atoms with Gasteiger partial charge in [0.15, 0.2) is 17.6 Å². The van der Waals surface area contributed by atoms with Crippen molar-refractivity contribution >= 4 is 30.1 Å². The van der Waals surface area contributed by atoms with E-state index in [-0.39, 0.29) is 30.5 Å². The number of hydrogen-bond acceptors (Lipinski definition) is 5. The van der Waals surface area contributed by atoms with Gasteiger partial charge in [0.1, 0.15) is 6.61 Å². The van der Waals surface area contributed by atoms with E-state index in [4.69, 9.17) is 9.47 Å². The summed E-state index contributed by atoms with van der Waals surface area (Å²) in [6, 6.07) is 7.54. The number of rotatable bonds is 3. The standard InChI is InChI=1S/C14H18N2O3S.ClH/c1-16(14(17)11-8-20-9-15-11)6-10-7-18-12-4-2-3-5-13(12)19-10;/h2-5,10-11,15H,6-9H2,1H3;1H. The van der Waals surface area contributed by atoms with Crippen molar-refractivity contribution in [3.8, 4) is 11.5 Å². The number of carbonyl (C=O) groups excluding carboxylic acids is 1. The lowest BCUT2D eigenvalue weighted by atomic mass is 10.2. The summed E-state index contributed by atoms with van der Waals surface area (Å²) in [5.74, 6) is 3.33. The van der Waals surface area contributed by atoms with Gasteiger partial charge in [0.25, 0.3) is 0 Å². The molecule has 1 N–H and O–H groups in total. The highest BCUT2D eigenvalue weighted by molar-refractivity contribution is 7.99.